The Morgan fingerprint density at radius 3 is 2.48 bits per heavy atom. The van der Waals surface area contributed by atoms with Gasteiger partial charge in [-0.3, -0.25) is 9.89 Å². The van der Waals surface area contributed by atoms with Gasteiger partial charge in [-0.15, -0.1) is 0 Å². The molecule has 0 bridgehead atoms. The van der Waals surface area contributed by atoms with Crippen LogP contribution in [0.3, 0.4) is 0 Å². The van der Waals surface area contributed by atoms with Gasteiger partial charge in [0.25, 0.3) is 0 Å². The van der Waals surface area contributed by atoms with Crippen molar-refractivity contribution in [1.82, 2.24) is 15.1 Å². The maximum Gasteiger partial charge on any atom is 0.193 e. The topological polar surface area (TPSA) is 58.6 Å². The number of ether oxygens (including phenoxy) is 3. The van der Waals surface area contributed by atoms with Gasteiger partial charge in [-0.25, -0.2) is 0 Å². The van der Waals surface area contributed by atoms with Crippen molar-refractivity contribution in [2.24, 2.45) is 10.9 Å². The molecule has 1 N–H and O–H groups in total. The molecule has 2 heterocycles. The molecule has 0 radical (unpaired) electrons. The quantitative estimate of drug-likeness (QED) is 0.319. The van der Waals surface area contributed by atoms with E-state index in [1.165, 1.54) is 6.42 Å². The normalized spacial score (nSPS) is 21.0. The van der Waals surface area contributed by atoms with Crippen LogP contribution in [-0.2, 0) is 14.2 Å². The fourth-order valence-corrected chi connectivity index (χ4v) is 4.13. The van der Waals surface area contributed by atoms with Gasteiger partial charge in [0.1, 0.15) is 0 Å². The molecule has 1 atom stereocenters. The minimum atomic E-state index is 0.369. The number of morpholine rings is 1. The van der Waals surface area contributed by atoms with Crippen LogP contribution >= 0.6 is 0 Å². The third-order valence-electron chi connectivity index (χ3n) is 5.68. The summed E-state index contributed by atoms with van der Waals surface area (Å²) in [7, 11) is 1.74. The summed E-state index contributed by atoms with van der Waals surface area (Å²) in [5.41, 5.74) is 0. The molecule has 29 heavy (non-hydrogen) atoms. The Labute approximate surface area is 178 Å². The van der Waals surface area contributed by atoms with Gasteiger partial charge in [-0.1, -0.05) is 13.8 Å². The lowest BCUT2D eigenvalue weighted by molar-refractivity contribution is 0.00949. The third kappa shape index (κ3) is 9.20. The van der Waals surface area contributed by atoms with Gasteiger partial charge in [-0.05, 0) is 38.5 Å². The SMILES string of the molecule is CCNC(=NCC(CC(C)C)N1CCOCC1)N1CCC(OCCCOC)CC1. The lowest BCUT2D eigenvalue weighted by atomic mass is 10.0. The first-order valence-electron chi connectivity index (χ1n) is 11.6. The van der Waals surface area contributed by atoms with E-state index in [1.807, 2.05) is 0 Å². The van der Waals surface area contributed by atoms with Crippen molar-refractivity contribution in [3.63, 3.8) is 0 Å². The monoisotopic (exact) mass is 412 g/mol. The number of aliphatic imine (C=N–C) groups is 1. The lowest BCUT2D eigenvalue weighted by Crippen LogP contribution is -2.49. The van der Waals surface area contributed by atoms with Crippen molar-refractivity contribution in [3.8, 4) is 0 Å². The van der Waals surface area contributed by atoms with Crippen LogP contribution < -0.4 is 5.32 Å². The molecule has 0 aliphatic carbocycles. The first-order valence-corrected chi connectivity index (χ1v) is 11.6. The Balaban J connectivity index is 1.87. The Kier molecular flexibility index (Phi) is 11.9. The smallest absolute Gasteiger partial charge is 0.193 e. The number of methoxy groups -OCH3 is 1. The second-order valence-corrected chi connectivity index (χ2v) is 8.53. The first kappa shape index (κ1) is 24.4. The van der Waals surface area contributed by atoms with E-state index in [2.05, 4.69) is 35.9 Å². The molecule has 0 saturated carbocycles. The van der Waals surface area contributed by atoms with Crippen LogP contribution in [-0.4, -0.2) is 101 Å². The van der Waals surface area contributed by atoms with Crippen LogP contribution in [0.1, 0.15) is 46.5 Å². The van der Waals surface area contributed by atoms with E-state index in [4.69, 9.17) is 19.2 Å². The summed E-state index contributed by atoms with van der Waals surface area (Å²) in [6.45, 7) is 15.8. The highest BCUT2D eigenvalue weighted by molar-refractivity contribution is 5.80. The number of guanidine groups is 1. The van der Waals surface area contributed by atoms with Gasteiger partial charge in [0.15, 0.2) is 5.96 Å². The minimum absolute atomic E-state index is 0.369. The number of nitrogens with zero attached hydrogens (tertiary/aromatic N) is 3. The number of hydrogen-bond acceptors (Lipinski definition) is 5. The molecule has 0 aromatic rings. The van der Waals surface area contributed by atoms with Crippen molar-refractivity contribution in [3.05, 3.63) is 0 Å². The lowest BCUT2D eigenvalue weighted by Gasteiger charge is -2.36. The molecule has 2 rings (SSSR count). The Morgan fingerprint density at radius 2 is 1.86 bits per heavy atom. The number of piperidine rings is 1. The van der Waals surface area contributed by atoms with Crippen LogP contribution in [0.5, 0.6) is 0 Å². The standard InChI is InChI=1S/C22H44N4O3/c1-5-23-22(26-9-7-21(8-10-26)29-14-6-13-27-4)24-18-20(17-19(2)3)25-11-15-28-16-12-25/h19-21H,5-18H2,1-4H3,(H,23,24). The molecule has 2 aliphatic rings. The molecule has 7 nitrogen and oxygen atoms in total. The van der Waals surface area contributed by atoms with Crippen molar-refractivity contribution >= 4 is 5.96 Å². The predicted molar refractivity (Wildman–Crippen MR) is 119 cm³/mol. The van der Waals surface area contributed by atoms with Crippen molar-refractivity contribution in [1.29, 1.82) is 0 Å². The third-order valence-corrected chi connectivity index (χ3v) is 5.68. The van der Waals surface area contributed by atoms with Gasteiger partial charge < -0.3 is 24.4 Å². The molecule has 0 amide bonds. The fraction of sp³-hybridized carbons (Fsp3) is 0.955. The van der Waals surface area contributed by atoms with Gasteiger partial charge >= 0.3 is 0 Å². The maximum absolute atomic E-state index is 6.01. The molecule has 170 valence electrons. The molecule has 7 heteroatoms. The zero-order valence-electron chi connectivity index (χ0n) is 19.2. The molecule has 2 aliphatic heterocycles. The summed E-state index contributed by atoms with van der Waals surface area (Å²) in [4.78, 5) is 10.0. The molecule has 0 aromatic heterocycles. The first-order chi connectivity index (χ1) is 14.1. The van der Waals surface area contributed by atoms with Crippen LogP contribution in [0.15, 0.2) is 4.99 Å². The Hall–Kier alpha value is -0.890. The summed E-state index contributed by atoms with van der Waals surface area (Å²) >= 11 is 0. The van der Waals surface area contributed by atoms with Crippen molar-refractivity contribution in [2.45, 2.75) is 58.6 Å². The number of hydrogen-bond donors (Lipinski definition) is 1. The molecule has 2 fully saturated rings. The minimum Gasteiger partial charge on any atom is -0.385 e. The van der Waals surface area contributed by atoms with E-state index in [0.29, 0.717) is 18.1 Å². The van der Waals surface area contributed by atoms with E-state index in [1.54, 1.807) is 7.11 Å². The summed E-state index contributed by atoms with van der Waals surface area (Å²) in [6.07, 6.45) is 4.65. The van der Waals surface area contributed by atoms with Crippen molar-refractivity contribution < 1.29 is 14.2 Å². The summed E-state index contributed by atoms with van der Waals surface area (Å²) in [6, 6.07) is 0.495. The second-order valence-electron chi connectivity index (χ2n) is 8.53. The number of likely N-dealkylation sites (tertiary alicyclic amines) is 1. The fourth-order valence-electron chi connectivity index (χ4n) is 4.13. The summed E-state index contributed by atoms with van der Waals surface area (Å²) < 4.78 is 16.7. The summed E-state index contributed by atoms with van der Waals surface area (Å²) in [5, 5.41) is 3.51. The summed E-state index contributed by atoms with van der Waals surface area (Å²) in [5.74, 6) is 1.74. The van der Waals surface area contributed by atoms with E-state index in [-0.39, 0.29) is 0 Å². The second kappa shape index (κ2) is 14.2. The van der Waals surface area contributed by atoms with Crippen LogP contribution in [0, 0.1) is 5.92 Å². The van der Waals surface area contributed by atoms with Gasteiger partial charge in [0.2, 0.25) is 0 Å². The Bertz CT molecular complexity index is 447. The van der Waals surface area contributed by atoms with E-state index in [0.717, 1.165) is 90.9 Å². The zero-order chi connectivity index (χ0) is 20.9. The highest BCUT2D eigenvalue weighted by Crippen LogP contribution is 2.16. The Morgan fingerprint density at radius 1 is 1.14 bits per heavy atom. The molecule has 1 unspecified atom stereocenters. The van der Waals surface area contributed by atoms with Gasteiger partial charge in [0, 0.05) is 59.1 Å². The molecule has 0 aromatic carbocycles. The maximum atomic E-state index is 6.01. The van der Waals surface area contributed by atoms with Gasteiger partial charge in [-0.2, -0.15) is 0 Å². The largest absolute Gasteiger partial charge is 0.385 e. The van der Waals surface area contributed by atoms with Crippen LogP contribution in [0.4, 0.5) is 0 Å². The average molecular weight is 413 g/mol. The van der Waals surface area contributed by atoms with E-state index < -0.39 is 0 Å². The zero-order valence-corrected chi connectivity index (χ0v) is 19.2. The highest BCUT2D eigenvalue weighted by Gasteiger charge is 2.24. The number of nitrogens with one attached hydrogen (secondary N) is 1. The average Bonchev–Trinajstić information content (AvgIpc) is 2.74. The van der Waals surface area contributed by atoms with Crippen LogP contribution in [0.25, 0.3) is 0 Å². The predicted octanol–water partition coefficient (Wildman–Crippen LogP) is 2.22. The van der Waals surface area contributed by atoms with Crippen LogP contribution in [0.2, 0.25) is 0 Å². The number of rotatable bonds is 11. The van der Waals surface area contributed by atoms with E-state index in [9.17, 15) is 0 Å². The van der Waals surface area contributed by atoms with Crippen molar-refractivity contribution in [2.75, 3.05) is 72.8 Å². The molecule has 2 saturated heterocycles. The molecular weight excluding hydrogens is 368 g/mol. The van der Waals surface area contributed by atoms with Gasteiger partial charge in [0.05, 0.1) is 25.9 Å². The highest BCUT2D eigenvalue weighted by atomic mass is 16.5. The molecular formula is C22H44N4O3. The van der Waals surface area contributed by atoms with E-state index >= 15 is 0 Å². The molecule has 0 spiro atoms.